The van der Waals surface area contributed by atoms with Crippen molar-refractivity contribution in [1.82, 2.24) is 36.1 Å². The number of hydrogen-bond donors (Lipinski definition) is 9. The Bertz CT molecular complexity index is 1590. The zero-order valence-electron chi connectivity index (χ0n) is 31.9. The van der Waals surface area contributed by atoms with Gasteiger partial charge in [-0.1, -0.05) is 63.9 Å². The molecule has 306 valence electrons. The number of aliphatic hydroxyl groups excluding tert-OH is 1. The van der Waals surface area contributed by atoms with Crippen molar-refractivity contribution < 1.29 is 48.2 Å². The van der Waals surface area contributed by atoms with Crippen molar-refractivity contribution in [3.8, 4) is 0 Å². The van der Waals surface area contributed by atoms with Crippen LogP contribution in [0.5, 0.6) is 0 Å². The fourth-order valence-corrected chi connectivity index (χ4v) is 6.84. The Labute approximate surface area is 321 Å². The fraction of sp³-hybridized carbons (Fsp3) is 0.583. The summed E-state index contributed by atoms with van der Waals surface area (Å²) in [6.45, 7) is 5.47. The quantitative estimate of drug-likeness (QED) is 0.0472. The molecule has 1 aromatic carbocycles. The van der Waals surface area contributed by atoms with Crippen LogP contribution in [0.3, 0.4) is 0 Å². The molecule has 0 aliphatic carbocycles. The minimum atomic E-state index is -4.59. The number of aromatic nitrogens is 2. The molecule has 5 atom stereocenters. The number of aliphatic hydroxyl groups is 1. The highest BCUT2D eigenvalue weighted by Crippen LogP contribution is 2.37. The summed E-state index contributed by atoms with van der Waals surface area (Å²) in [4.78, 5) is 105. The van der Waals surface area contributed by atoms with Crippen molar-refractivity contribution in [2.45, 2.75) is 96.8 Å². The van der Waals surface area contributed by atoms with Gasteiger partial charge in [0.1, 0.15) is 24.2 Å². The first kappa shape index (κ1) is 46.5. The van der Waals surface area contributed by atoms with Crippen molar-refractivity contribution in [3.05, 3.63) is 54.1 Å². The molecule has 0 aliphatic rings. The molecule has 55 heavy (non-hydrogen) atoms. The van der Waals surface area contributed by atoms with E-state index in [0.29, 0.717) is 18.7 Å². The van der Waals surface area contributed by atoms with Gasteiger partial charge in [0.2, 0.25) is 35.4 Å². The molecule has 0 bridgehead atoms. The second kappa shape index (κ2) is 23.3. The summed E-state index contributed by atoms with van der Waals surface area (Å²) in [5.74, 6) is -5.86. The number of carbonyl (C=O) groups is 6. The first-order valence-electron chi connectivity index (χ1n) is 18.3. The van der Waals surface area contributed by atoms with Gasteiger partial charge < -0.3 is 51.8 Å². The average molecular weight is 793 g/mol. The van der Waals surface area contributed by atoms with Crippen molar-refractivity contribution >= 4 is 43.0 Å². The largest absolute Gasteiger partial charge is 0.394 e. The molecule has 0 fully saturated rings. The summed E-state index contributed by atoms with van der Waals surface area (Å²) in [5, 5.41) is 19.8. The number of nitrogens with zero attached hydrogens (tertiary/aromatic N) is 2. The molecule has 1 aromatic heterocycles. The number of nitrogens with two attached hydrogens (primary N) is 1. The molecule has 10 N–H and O–H groups in total. The molecule has 1 heterocycles. The summed E-state index contributed by atoms with van der Waals surface area (Å²) < 4.78 is 11.5. The van der Waals surface area contributed by atoms with Crippen molar-refractivity contribution in [2.24, 2.45) is 17.6 Å². The number of carbonyl (C=O) groups excluding carboxylic acids is 6. The van der Waals surface area contributed by atoms with E-state index in [1.54, 1.807) is 0 Å². The molecule has 2 aromatic rings. The van der Waals surface area contributed by atoms with Crippen LogP contribution in [0.2, 0.25) is 0 Å². The molecule has 0 saturated carbocycles. The van der Waals surface area contributed by atoms with Crippen LogP contribution >= 0.6 is 7.60 Å². The van der Waals surface area contributed by atoms with Crippen LogP contribution in [0.1, 0.15) is 71.1 Å². The van der Waals surface area contributed by atoms with Gasteiger partial charge in [0.15, 0.2) is 0 Å². The molecule has 6 amide bonds. The predicted octanol–water partition coefficient (Wildman–Crippen LogP) is -0.119. The van der Waals surface area contributed by atoms with Crippen LogP contribution in [-0.4, -0.2) is 115 Å². The van der Waals surface area contributed by atoms with E-state index in [-0.39, 0.29) is 31.2 Å². The van der Waals surface area contributed by atoms with E-state index in [4.69, 9.17) is 5.73 Å². The van der Waals surface area contributed by atoms with Gasteiger partial charge in [0.25, 0.3) is 0 Å². The standard InChI is InChI=1S/C36H57N8O10P/c1-23(2)16-28(40-31(47)19-44(25(4)46)15-11-6-5-8-12-26-13-9-7-10-14-26)34(49)41-29(17-27-18-38-22-39-27)35(50)42-30(20-45)36(51)43-32(33(37)48)24(3)21-55(52,53)54/h7,9-10,13-14,18,22-24,28-30,32,45H,5-6,8,11-12,15-17,19-21H2,1-4H3,(H2,37,48)(H,38,39)(H,40,47)(H,41,49)(H,42,50)(H,43,51)(H2,52,53,54)/t24-,28-,29-,30-,32-/m0/s1. The maximum Gasteiger partial charge on any atom is 0.325 e. The highest BCUT2D eigenvalue weighted by Gasteiger charge is 2.34. The number of aromatic amines is 1. The molecule has 19 heteroatoms. The number of imidazole rings is 1. The molecular weight excluding hydrogens is 735 g/mol. The molecule has 0 radical (unpaired) electrons. The molecular formula is C36H57N8O10P. The van der Waals surface area contributed by atoms with Gasteiger partial charge in [-0.2, -0.15) is 0 Å². The summed E-state index contributed by atoms with van der Waals surface area (Å²) in [6.07, 6.45) is 6.57. The molecule has 0 spiro atoms. The lowest BCUT2D eigenvalue weighted by atomic mass is 10.0. The number of unbranched alkanes of at least 4 members (excludes halogenated alkanes) is 3. The highest BCUT2D eigenvalue weighted by atomic mass is 31.2. The SMILES string of the molecule is CC(=O)N(CCCCCCc1ccccc1)CC(=O)N[C@@H](CC(C)C)C(=O)N[C@@H](Cc1c[nH]cn1)C(=O)N[C@@H](CO)C(=O)N[C@H](C(N)=O)[C@@H](C)CP(=O)(O)O. The lowest BCUT2D eigenvalue weighted by Crippen LogP contribution is -2.60. The molecule has 0 saturated heterocycles. The molecule has 18 nitrogen and oxygen atoms in total. The van der Waals surface area contributed by atoms with E-state index in [2.05, 4.69) is 43.4 Å². The number of H-pyrrole nitrogens is 1. The first-order valence-corrected chi connectivity index (χ1v) is 20.1. The summed E-state index contributed by atoms with van der Waals surface area (Å²) in [7, 11) is -4.59. The topological polar surface area (TPSA) is 286 Å². The summed E-state index contributed by atoms with van der Waals surface area (Å²) in [6, 6.07) is 4.45. The predicted molar refractivity (Wildman–Crippen MR) is 203 cm³/mol. The molecule has 2 rings (SSSR count). The Morgan fingerprint density at radius 2 is 1.49 bits per heavy atom. The number of hydrogen-bond acceptors (Lipinski definition) is 9. The van der Waals surface area contributed by atoms with E-state index in [1.165, 1.54) is 36.8 Å². The van der Waals surface area contributed by atoms with Crippen molar-refractivity contribution in [1.29, 1.82) is 0 Å². The van der Waals surface area contributed by atoms with E-state index in [0.717, 1.165) is 25.7 Å². The van der Waals surface area contributed by atoms with Gasteiger partial charge in [-0.3, -0.25) is 33.3 Å². The van der Waals surface area contributed by atoms with Gasteiger partial charge >= 0.3 is 7.60 Å². The zero-order chi connectivity index (χ0) is 41.1. The van der Waals surface area contributed by atoms with Crippen LogP contribution in [-0.2, 0) is 46.2 Å². The van der Waals surface area contributed by atoms with Crippen LogP contribution in [0, 0.1) is 11.8 Å². The Morgan fingerprint density at radius 3 is 2.05 bits per heavy atom. The molecule has 0 aliphatic heterocycles. The maximum absolute atomic E-state index is 13.7. The minimum Gasteiger partial charge on any atom is -0.394 e. The smallest absolute Gasteiger partial charge is 0.325 e. The van der Waals surface area contributed by atoms with Crippen LogP contribution < -0.4 is 27.0 Å². The average Bonchev–Trinajstić information content (AvgIpc) is 3.62. The number of nitrogens with one attached hydrogen (secondary N) is 5. The van der Waals surface area contributed by atoms with Crippen LogP contribution in [0.25, 0.3) is 0 Å². The second-order valence-corrected chi connectivity index (χ2v) is 15.8. The van der Waals surface area contributed by atoms with Gasteiger partial charge in [-0.25, -0.2) is 4.98 Å². The number of primary amides is 1. The summed E-state index contributed by atoms with van der Waals surface area (Å²) >= 11 is 0. The van der Waals surface area contributed by atoms with E-state index >= 15 is 0 Å². The lowest BCUT2D eigenvalue weighted by molar-refractivity contribution is -0.137. The maximum atomic E-state index is 13.7. The Morgan fingerprint density at radius 1 is 0.873 bits per heavy atom. The lowest BCUT2D eigenvalue weighted by Gasteiger charge is -2.27. The number of amides is 6. The Kier molecular flexibility index (Phi) is 19.7. The highest BCUT2D eigenvalue weighted by molar-refractivity contribution is 7.51. The van der Waals surface area contributed by atoms with Crippen LogP contribution in [0.15, 0.2) is 42.9 Å². The third-order valence-electron chi connectivity index (χ3n) is 8.74. The van der Waals surface area contributed by atoms with Gasteiger partial charge in [-0.05, 0) is 43.1 Å². The number of rotatable bonds is 25. The normalized spacial score (nSPS) is 14.2. The zero-order valence-corrected chi connectivity index (χ0v) is 32.8. The number of aryl methyl sites for hydroxylation is 1. The van der Waals surface area contributed by atoms with E-state index in [9.17, 15) is 48.2 Å². The van der Waals surface area contributed by atoms with Crippen molar-refractivity contribution in [3.63, 3.8) is 0 Å². The van der Waals surface area contributed by atoms with Gasteiger partial charge in [0, 0.05) is 26.1 Å². The monoisotopic (exact) mass is 792 g/mol. The van der Waals surface area contributed by atoms with E-state index < -0.39 is 80.0 Å². The first-order chi connectivity index (χ1) is 25.9. The van der Waals surface area contributed by atoms with E-state index in [1.807, 2.05) is 32.0 Å². The summed E-state index contributed by atoms with van der Waals surface area (Å²) in [5.41, 5.74) is 6.97. The fourth-order valence-electron chi connectivity index (χ4n) is 5.88. The third kappa shape index (κ3) is 18.0. The van der Waals surface area contributed by atoms with Gasteiger partial charge in [-0.15, -0.1) is 0 Å². The van der Waals surface area contributed by atoms with Crippen LogP contribution in [0.4, 0.5) is 0 Å². The third-order valence-corrected chi connectivity index (χ3v) is 9.79. The van der Waals surface area contributed by atoms with Crippen molar-refractivity contribution in [2.75, 3.05) is 25.9 Å². The molecule has 0 unspecified atom stereocenters. The number of benzene rings is 1. The Balaban J connectivity index is 2.10. The minimum absolute atomic E-state index is 0.0805. The second-order valence-electron chi connectivity index (χ2n) is 14.1. The van der Waals surface area contributed by atoms with Gasteiger partial charge in [0.05, 0.1) is 31.3 Å². The Hall–Kier alpha value is -4.64.